The fourth-order valence-electron chi connectivity index (χ4n) is 1.58. The molecule has 1 aromatic rings. The van der Waals surface area contributed by atoms with E-state index in [9.17, 15) is 9.90 Å². The van der Waals surface area contributed by atoms with Crippen LogP contribution in [0.2, 0.25) is 0 Å². The number of rotatable bonds is 6. The number of amides is 1. The summed E-state index contributed by atoms with van der Waals surface area (Å²) in [5, 5.41) is 12.6. The maximum atomic E-state index is 11.4. The van der Waals surface area contributed by atoms with E-state index >= 15 is 0 Å². The Labute approximate surface area is 108 Å². The van der Waals surface area contributed by atoms with Gasteiger partial charge in [0.05, 0.1) is 6.10 Å². The first-order valence-electron chi connectivity index (χ1n) is 5.96. The fraction of sp³-hybridized carbons (Fsp3) is 0.357. The Balaban J connectivity index is 2.49. The molecule has 0 aliphatic rings. The number of carbonyl (C=O) groups is 1. The van der Waals surface area contributed by atoms with E-state index in [2.05, 4.69) is 11.9 Å². The van der Waals surface area contributed by atoms with Crippen molar-refractivity contribution in [2.75, 3.05) is 12.3 Å². The van der Waals surface area contributed by atoms with Gasteiger partial charge in [-0.05, 0) is 30.5 Å². The Kier molecular flexibility index (Phi) is 5.39. The molecule has 0 heterocycles. The molecule has 18 heavy (non-hydrogen) atoms. The third kappa shape index (κ3) is 4.22. The van der Waals surface area contributed by atoms with Crippen molar-refractivity contribution >= 4 is 11.6 Å². The number of anilines is 1. The van der Waals surface area contributed by atoms with Crippen molar-refractivity contribution in [2.45, 2.75) is 25.9 Å². The number of hydrogen-bond acceptors (Lipinski definition) is 3. The van der Waals surface area contributed by atoms with E-state index in [4.69, 9.17) is 5.73 Å². The molecule has 1 unspecified atom stereocenters. The second-order valence-electron chi connectivity index (χ2n) is 4.26. The minimum atomic E-state index is -0.664. The first kappa shape index (κ1) is 14.3. The number of nitrogens with one attached hydrogen (secondary N) is 1. The first-order valence-corrected chi connectivity index (χ1v) is 5.96. The predicted molar refractivity (Wildman–Crippen MR) is 73.0 cm³/mol. The van der Waals surface area contributed by atoms with E-state index in [0.29, 0.717) is 18.7 Å². The van der Waals surface area contributed by atoms with Crippen LogP contribution in [0.4, 0.5) is 5.69 Å². The number of nitrogen functional groups attached to an aromatic ring is 1. The van der Waals surface area contributed by atoms with Crippen LogP contribution in [-0.4, -0.2) is 17.6 Å². The average molecular weight is 248 g/mol. The summed E-state index contributed by atoms with van der Waals surface area (Å²) in [5.41, 5.74) is 8.16. The third-order valence-corrected chi connectivity index (χ3v) is 2.78. The Morgan fingerprint density at radius 2 is 2.33 bits per heavy atom. The van der Waals surface area contributed by atoms with E-state index in [1.54, 1.807) is 12.1 Å². The molecular formula is C14H20N2O2. The molecule has 98 valence electrons. The molecule has 4 heteroatoms. The van der Waals surface area contributed by atoms with Crippen LogP contribution in [0.1, 0.15) is 30.1 Å². The van der Waals surface area contributed by atoms with Crippen LogP contribution in [0.5, 0.6) is 0 Å². The fourth-order valence-corrected chi connectivity index (χ4v) is 1.58. The highest BCUT2D eigenvalue weighted by Gasteiger charge is 2.10. The Morgan fingerprint density at radius 3 is 2.94 bits per heavy atom. The highest BCUT2D eigenvalue weighted by molar-refractivity contribution is 5.76. The summed E-state index contributed by atoms with van der Waals surface area (Å²) in [6, 6.07) is 5.45. The summed E-state index contributed by atoms with van der Waals surface area (Å²) in [5.74, 6) is -0.0889. The summed E-state index contributed by atoms with van der Waals surface area (Å²) >= 11 is 0. The lowest BCUT2D eigenvalue weighted by molar-refractivity contribution is -0.121. The molecule has 0 aliphatic heterocycles. The zero-order valence-electron chi connectivity index (χ0n) is 10.6. The molecule has 0 saturated heterocycles. The van der Waals surface area contributed by atoms with E-state index < -0.39 is 6.10 Å². The number of aliphatic hydroxyl groups excluding tert-OH is 1. The van der Waals surface area contributed by atoms with E-state index in [1.165, 1.54) is 0 Å². The molecule has 1 amide bonds. The molecule has 1 aromatic carbocycles. The molecule has 0 fully saturated rings. The number of benzene rings is 1. The van der Waals surface area contributed by atoms with Gasteiger partial charge in [-0.3, -0.25) is 4.79 Å². The standard InChI is InChI=1S/C14H20N2O2/c1-3-8-16-14(18)7-6-13(17)11-5-4-10(2)12(15)9-11/h3-5,9,13,17H,1,6-8,15H2,2H3,(H,16,18). The number of aryl methyl sites for hydroxylation is 1. The third-order valence-electron chi connectivity index (χ3n) is 2.78. The second-order valence-corrected chi connectivity index (χ2v) is 4.26. The van der Waals surface area contributed by atoms with E-state index in [-0.39, 0.29) is 12.3 Å². The molecule has 4 nitrogen and oxygen atoms in total. The molecule has 0 aliphatic carbocycles. The SMILES string of the molecule is C=CCNC(=O)CCC(O)c1ccc(C)c(N)c1. The molecule has 4 N–H and O–H groups in total. The lowest BCUT2D eigenvalue weighted by atomic mass is 10.0. The zero-order valence-corrected chi connectivity index (χ0v) is 10.6. The Morgan fingerprint density at radius 1 is 1.61 bits per heavy atom. The molecule has 0 aromatic heterocycles. The molecule has 0 radical (unpaired) electrons. The largest absolute Gasteiger partial charge is 0.399 e. The van der Waals surface area contributed by atoms with Gasteiger partial charge in [-0.1, -0.05) is 18.2 Å². The van der Waals surface area contributed by atoms with Gasteiger partial charge in [0, 0.05) is 18.7 Å². The minimum Gasteiger partial charge on any atom is -0.399 e. The van der Waals surface area contributed by atoms with Crippen molar-refractivity contribution in [3.8, 4) is 0 Å². The summed E-state index contributed by atoms with van der Waals surface area (Å²) in [6.07, 6.45) is 1.62. The van der Waals surface area contributed by atoms with Crippen molar-refractivity contribution in [3.05, 3.63) is 42.0 Å². The van der Waals surface area contributed by atoms with Crippen LogP contribution < -0.4 is 11.1 Å². The molecule has 0 saturated carbocycles. The quantitative estimate of drug-likeness (QED) is 0.529. The summed E-state index contributed by atoms with van der Waals surface area (Å²) < 4.78 is 0. The molecule has 0 bridgehead atoms. The topological polar surface area (TPSA) is 75.3 Å². The maximum absolute atomic E-state index is 11.4. The van der Waals surface area contributed by atoms with E-state index in [1.807, 2.05) is 19.1 Å². The molecule has 0 spiro atoms. The van der Waals surface area contributed by atoms with Crippen LogP contribution >= 0.6 is 0 Å². The van der Waals surface area contributed by atoms with Crippen LogP contribution in [0.15, 0.2) is 30.9 Å². The van der Waals surface area contributed by atoms with Gasteiger partial charge in [0.15, 0.2) is 0 Å². The lowest BCUT2D eigenvalue weighted by Crippen LogP contribution is -2.23. The van der Waals surface area contributed by atoms with Crippen molar-refractivity contribution in [3.63, 3.8) is 0 Å². The second kappa shape index (κ2) is 6.81. The van der Waals surface area contributed by atoms with Crippen LogP contribution in [0.25, 0.3) is 0 Å². The van der Waals surface area contributed by atoms with Crippen molar-refractivity contribution in [1.82, 2.24) is 5.32 Å². The highest BCUT2D eigenvalue weighted by Crippen LogP contribution is 2.22. The molecule has 1 rings (SSSR count). The van der Waals surface area contributed by atoms with Gasteiger partial charge in [-0.2, -0.15) is 0 Å². The minimum absolute atomic E-state index is 0.0889. The number of carbonyl (C=O) groups excluding carboxylic acids is 1. The van der Waals surface area contributed by atoms with Gasteiger partial charge in [0.25, 0.3) is 0 Å². The van der Waals surface area contributed by atoms with Gasteiger partial charge < -0.3 is 16.2 Å². The maximum Gasteiger partial charge on any atom is 0.220 e. The van der Waals surface area contributed by atoms with E-state index in [0.717, 1.165) is 11.1 Å². The van der Waals surface area contributed by atoms with Gasteiger partial charge in [-0.25, -0.2) is 0 Å². The smallest absolute Gasteiger partial charge is 0.220 e. The number of nitrogens with two attached hydrogens (primary N) is 1. The van der Waals surface area contributed by atoms with Gasteiger partial charge in [0.2, 0.25) is 5.91 Å². The first-order chi connectivity index (χ1) is 8.54. The summed E-state index contributed by atoms with van der Waals surface area (Å²) in [6.45, 7) is 5.88. The zero-order chi connectivity index (χ0) is 13.5. The average Bonchev–Trinajstić information content (AvgIpc) is 2.36. The monoisotopic (exact) mass is 248 g/mol. The van der Waals surface area contributed by atoms with Gasteiger partial charge >= 0.3 is 0 Å². The number of hydrogen-bond donors (Lipinski definition) is 3. The normalized spacial score (nSPS) is 11.9. The van der Waals surface area contributed by atoms with Crippen molar-refractivity contribution < 1.29 is 9.90 Å². The summed E-state index contributed by atoms with van der Waals surface area (Å²) in [7, 11) is 0. The van der Waals surface area contributed by atoms with Crippen molar-refractivity contribution in [2.24, 2.45) is 0 Å². The Bertz CT molecular complexity index is 430. The molecule has 1 atom stereocenters. The van der Waals surface area contributed by atoms with Gasteiger partial charge in [0.1, 0.15) is 0 Å². The van der Waals surface area contributed by atoms with Gasteiger partial charge in [-0.15, -0.1) is 6.58 Å². The van der Waals surface area contributed by atoms with Crippen molar-refractivity contribution in [1.29, 1.82) is 0 Å². The Hall–Kier alpha value is -1.81. The molecular weight excluding hydrogens is 228 g/mol. The van der Waals surface area contributed by atoms with Crippen LogP contribution in [0, 0.1) is 6.92 Å². The lowest BCUT2D eigenvalue weighted by Gasteiger charge is -2.12. The van der Waals surface area contributed by atoms with Crippen LogP contribution in [-0.2, 0) is 4.79 Å². The van der Waals surface area contributed by atoms with Crippen LogP contribution in [0.3, 0.4) is 0 Å². The number of aliphatic hydroxyl groups is 1. The summed E-state index contributed by atoms with van der Waals surface area (Å²) in [4.78, 5) is 11.4. The predicted octanol–water partition coefficient (Wildman–Crippen LogP) is 1.69. The highest BCUT2D eigenvalue weighted by atomic mass is 16.3.